The second-order valence-electron chi connectivity index (χ2n) is 6.49. The minimum absolute atomic E-state index is 0.366. The van der Waals surface area contributed by atoms with Gasteiger partial charge in [-0.3, -0.25) is 14.9 Å². The van der Waals surface area contributed by atoms with Crippen molar-refractivity contribution in [2.45, 2.75) is 0 Å². The number of hydrogen-bond donors (Lipinski definition) is 2. The number of amides is 2. The molecule has 0 saturated heterocycles. The summed E-state index contributed by atoms with van der Waals surface area (Å²) in [6.07, 6.45) is 1.75. The summed E-state index contributed by atoms with van der Waals surface area (Å²) in [5.74, 6) is -0.792. The molecule has 0 bridgehead atoms. The highest BCUT2D eigenvalue weighted by atomic mass is 35.5. The van der Waals surface area contributed by atoms with Gasteiger partial charge in [-0.15, -0.1) is 0 Å². The molecule has 5 heteroatoms. The molecule has 0 spiro atoms. The number of nitrogens with one attached hydrogen (secondary N) is 2. The molecule has 3 aromatic carbocycles. The Labute approximate surface area is 159 Å². The van der Waals surface area contributed by atoms with Gasteiger partial charge in [0.05, 0.1) is 11.1 Å². The molecule has 0 saturated carbocycles. The topological polar surface area (TPSA) is 62.0 Å². The Morgan fingerprint density at radius 2 is 1.67 bits per heavy atom. The Bertz CT molecular complexity index is 1320. The summed E-state index contributed by atoms with van der Waals surface area (Å²) in [5.41, 5.74) is 4.72. The van der Waals surface area contributed by atoms with Crippen molar-refractivity contribution in [3.63, 3.8) is 0 Å². The summed E-state index contributed by atoms with van der Waals surface area (Å²) >= 11 is 6.38. The van der Waals surface area contributed by atoms with Gasteiger partial charge in [0.1, 0.15) is 0 Å². The lowest BCUT2D eigenvalue weighted by atomic mass is 9.92. The molecule has 1 aromatic heterocycles. The van der Waals surface area contributed by atoms with Crippen LogP contribution in [-0.4, -0.2) is 16.8 Å². The molecule has 4 nitrogen and oxygen atoms in total. The number of benzene rings is 3. The van der Waals surface area contributed by atoms with Gasteiger partial charge >= 0.3 is 0 Å². The first-order chi connectivity index (χ1) is 13.1. The smallest absolute Gasteiger partial charge is 0.259 e. The van der Waals surface area contributed by atoms with Crippen molar-refractivity contribution in [2.24, 2.45) is 0 Å². The molecular weight excluding hydrogens is 360 g/mol. The summed E-state index contributed by atoms with van der Waals surface area (Å²) in [5, 5.41) is 4.58. The highest BCUT2D eigenvalue weighted by Crippen LogP contribution is 2.40. The zero-order chi connectivity index (χ0) is 18.7. The van der Waals surface area contributed by atoms with Gasteiger partial charge in [-0.05, 0) is 35.4 Å². The zero-order valence-electron chi connectivity index (χ0n) is 14.1. The first kappa shape index (κ1) is 15.9. The molecule has 1 aliphatic rings. The third kappa shape index (κ3) is 2.17. The van der Waals surface area contributed by atoms with E-state index in [2.05, 4.69) is 16.9 Å². The van der Waals surface area contributed by atoms with E-state index in [1.54, 1.807) is 12.1 Å². The molecule has 2 heterocycles. The van der Waals surface area contributed by atoms with E-state index in [1.807, 2.05) is 42.5 Å². The normalized spacial score (nSPS) is 13.2. The number of imide groups is 1. The second-order valence-corrected chi connectivity index (χ2v) is 6.90. The van der Waals surface area contributed by atoms with Gasteiger partial charge in [-0.25, -0.2) is 0 Å². The summed E-state index contributed by atoms with van der Waals surface area (Å²) in [7, 11) is 0. The van der Waals surface area contributed by atoms with Crippen molar-refractivity contribution < 1.29 is 9.59 Å². The Morgan fingerprint density at radius 3 is 2.44 bits per heavy atom. The van der Waals surface area contributed by atoms with E-state index in [-0.39, 0.29) is 5.91 Å². The van der Waals surface area contributed by atoms with Gasteiger partial charge in [0.15, 0.2) is 0 Å². The van der Waals surface area contributed by atoms with E-state index in [4.69, 9.17) is 11.6 Å². The summed E-state index contributed by atoms with van der Waals surface area (Å²) in [6, 6.07) is 15.0. The van der Waals surface area contributed by atoms with Gasteiger partial charge in [-0.2, -0.15) is 0 Å². The maximum atomic E-state index is 12.7. The van der Waals surface area contributed by atoms with E-state index >= 15 is 0 Å². The SMILES string of the molecule is C=Cc1ccc2[nH]c3cc(-c4ccccc4Cl)c4c(c3c2c1)C(=O)NC4=O. The van der Waals surface area contributed by atoms with E-state index in [0.29, 0.717) is 27.3 Å². The summed E-state index contributed by atoms with van der Waals surface area (Å²) < 4.78 is 0. The number of carbonyl (C=O) groups excluding carboxylic acids is 2. The van der Waals surface area contributed by atoms with Crippen LogP contribution in [0.5, 0.6) is 0 Å². The van der Waals surface area contributed by atoms with Crippen LogP contribution >= 0.6 is 11.6 Å². The predicted octanol–water partition coefficient (Wildman–Crippen LogP) is 5.17. The van der Waals surface area contributed by atoms with Gasteiger partial charge in [0.2, 0.25) is 0 Å². The quantitative estimate of drug-likeness (QED) is 0.477. The van der Waals surface area contributed by atoms with Crippen LogP contribution in [0.25, 0.3) is 39.0 Å². The Hall–Kier alpha value is -3.37. The van der Waals surface area contributed by atoms with E-state index in [0.717, 1.165) is 27.4 Å². The number of rotatable bonds is 2. The highest BCUT2D eigenvalue weighted by Gasteiger charge is 2.34. The Morgan fingerprint density at radius 1 is 0.889 bits per heavy atom. The molecule has 1 aliphatic heterocycles. The predicted molar refractivity (Wildman–Crippen MR) is 108 cm³/mol. The fourth-order valence-electron chi connectivity index (χ4n) is 3.79. The molecular formula is C22H13ClN2O2. The molecule has 0 radical (unpaired) electrons. The van der Waals surface area contributed by atoms with E-state index in [1.165, 1.54) is 0 Å². The maximum absolute atomic E-state index is 12.7. The number of halogens is 1. The number of aromatic amines is 1. The standard InChI is InChI=1S/C22H13ClN2O2/c1-2-11-7-8-16-14(9-11)18-17(24-16)10-13(12-5-3-4-6-15(12)23)19-20(18)22(27)25-21(19)26/h2-10,24H,1H2,(H,25,26,27). The molecule has 27 heavy (non-hydrogen) atoms. The Balaban J connectivity index is 1.98. The lowest BCUT2D eigenvalue weighted by molar-refractivity contribution is 0.0880. The molecule has 5 rings (SSSR count). The number of aromatic nitrogens is 1. The van der Waals surface area contributed by atoms with E-state index in [9.17, 15) is 9.59 Å². The molecule has 0 aliphatic carbocycles. The van der Waals surface area contributed by atoms with Crippen LogP contribution in [0.3, 0.4) is 0 Å². The fourth-order valence-corrected chi connectivity index (χ4v) is 4.03. The Kier molecular flexibility index (Phi) is 3.27. The van der Waals surface area contributed by atoms with Crippen LogP contribution in [0.4, 0.5) is 0 Å². The van der Waals surface area contributed by atoms with E-state index < -0.39 is 5.91 Å². The monoisotopic (exact) mass is 372 g/mol. The minimum Gasteiger partial charge on any atom is -0.354 e. The molecule has 0 unspecified atom stereocenters. The summed E-state index contributed by atoms with van der Waals surface area (Å²) in [6.45, 7) is 3.81. The molecule has 0 atom stereocenters. The third-order valence-corrected chi connectivity index (χ3v) is 5.32. The van der Waals surface area contributed by atoms with Crippen LogP contribution in [0.15, 0.2) is 55.1 Å². The van der Waals surface area contributed by atoms with Crippen molar-refractivity contribution >= 4 is 51.3 Å². The first-order valence-corrected chi connectivity index (χ1v) is 8.81. The lowest BCUT2D eigenvalue weighted by Crippen LogP contribution is -2.20. The van der Waals surface area contributed by atoms with Gasteiger partial charge < -0.3 is 4.98 Å². The van der Waals surface area contributed by atoms with Crippen LogP contribution in [0.2, 0.25) is 5.02 Å². The zero-order valence-corrected chi connectivity index (χ0v) is 14.9. The van der Waals surface area contributed by atoms with Crippen LogP contribution in [-0.2, 0) is 0 Å². The molecule has 130 valence electrons. The van der Waals surface area contributed by atoms with Gasteiger partial charge in [-0.1, -0.05) is 48.5 Å². The average Bonchev–Trinajstić information content (AvgIpc) is 3.17. The van der Waals surface area contributed by atoms with Crippen molar-refractivity contribution in [1.29, 1.82) is 0 Å². The molecule has 0 fully saturated rings. The molecule has 4 aromatic rings. The van der Waals surface area contributed by atoms with Crippen molar-refractivity contribution in [3.8, 4) is 11.1 Å². The van der Waals surface area contributed by atoms with Crippen LogP contribution < -0.4 is 5.32 Å². The first-order valence-electron chi connectivity index (χ1n) is 8.44. The number of hydrogen-bond acceptors (Lipinski definition) is 2. The third-order valence-electron chi connectivity index (χ3n) is 4.99. The number of fused-ring (bicyclic) bond motifs is 5. The molecule has 2 amide bonds. The van der Waals surface area contributed by atoms with Crippen molar-refractivity contribution in [2.75, 3.05) is 0 Å². The minimum atomic E-state index is -0.402. The average molecular weight is 373 g/mol. The molecule has 2 N–H and O–H groups in total. The number of carbonyl (C=O) groups is 2. The van der Waals surface area contributed by atoms with Crippen molar-refractivity contribution in [3.05, 3.63) is 76.8 Å². The fraction of sp³-hybridized carbons (Fsp3) is 0. The largest absolute Gasteiger partial charge is 0.354 e. The maximum Gasteiger partial charge on any atom is 0.259 e. The second kappa shape index (κ2) is 5.56. The lowest BCUT2D eigenvalue weighted by Gasteiger charge is -2.09. The van der Waals surface area contributed by atoms with Crippen LogP contribution in [0.1, 0.15) is 26.3 Å². The highest BCUT2D eigenvalue weighted by molar-refractivity contribution is 6.36. The summed E-state index contributed by atoms with van der Waals surface area (Å²) in [4.78, 5) is 28.6. The number of H-pyrrole nitrogens is 1. The van der Waals surface area contributed by atoms with Gasteiger partial charge in [0.25, 0.3) is 11.8 Å². The van der Waals surface area contributed by atoms with Crippen molar-refractivity contribution in [1.82, 2.24) is 10.3 Å². The van der Waals surface area contributed by atoms with Crippen LogP contribution in [0, 0.1) is 0 Å². The van der Waals surface area contributed by atoms with Gasteiger partial charge in [0, 0.05) is 32.4 Å².